The van der Waals surface area contributed by atoms with Gasteiger partial charge in [-0.2, -0.15) is 0 Å². The zero-order valence-corrected chi connectivity index (χ0v) is 25.2. The third-order valence-electron chi connectivity index (χ3n) is 10.3. The van der Waals surface area contributed by atoms with E-state index in [0.717, 1.165) is 70.3 Å². The first-order chi connectivity index (χ1) is 21.0. The number of carbonyl (C=O) groups excluding carboxylic acids is 2. The number of aliphatic carboxylic acids is 1. The summed E-state index contributed by atoms with van der Waals surface area (Å²) in [5.74, 6) is -1.53. The standard InChI is InChI=1S/C35H46N4O4/c40-33(36-31-14-8-7-13-30(31)34(41)42)27-17-15-25(16-18-27)23-37-21-19-29(20-22-37)39-32(26-9-3-1-4-10-26)24-38(35(39)43)28-11-5-2-6-12-28/h1,3-4,9-10,15-18,28-32H,2,5-8,11-14,19-24H2,(H,36,40)(H,41,42)/t30-,31-,32-/m0/s1. The van der Waals surface area contributed by atoms with E-state index in [2.05, 4.69) is 44.3 Å². The number of hydrogen-bond acceptors (Lipinski definition) is 4. The molecule has 4 aliphatic rings. The molecule has 2 saturated carbocycles. The van der Waals surface area contributed by atoms with Crippen LogP contribution in [0.3, 0.4) is 0 Å². The van der Waals surface area contributed by atoms with Crippen LogP contribution in [0.5, 0.6) is 0 Å². The number of urea groups is 1. The molecule has 2 aromatic carbocycles. The molecule has 230 valence electrons. The fraction of sp³-hybridized carbons (Fsp3) is 0.571. The zero-order valence-electron chi connectivity index (χ0n) is 25.2. The summed E-state index contributed by atoms with van der Waals surface area (Å²) in [7, 11) is 0. The number of carboxylic acids is 1. The van der Waals surface area contributed by atoms with Gasteiger partial charge in [-0.15, -0.1) is 0 Å². The second kappa shape index (κ2) is 13.5. The van der Waals surface area contributed by atoms with Gasteiger partial charge in [-0.3, -0.25) is 14.5 Å². The topological polar surface area (TPSA) is 93.2 Å². The van der Waals surface area contributed by atoms with Crippen LogP contribution >= 0.6 is 0 Å². The first-order valence-electron chi connectivity index (χ1n) is 16.5. The Bertz CT molecular complexity index is 1250. The van der Waals surface area contributed by atoms with E-state index in [4.69, 9.17) is 0 Å². The Labute approximate surface area is 255 Å². The van der Waals surface area contributed by atoms with Crippen LogP contribution in [0, 0.1) is 5.92 Å². The maximum atomic E-state index is 13.9. The Morgan fingerprint density at radius 1 is 0.791 bits per heavy atom. The van der Waals surface area contributed by atoms with E-state index >= 15 is 0 Å². The Morgan fingerprint density at radius 2 is 1.47 bits per heavy atom. The zero-order chi connectivity index (χ0) is 29.8. The minimum Gasteiger partial charge on any atom is -0.481 e. The number of benzene rings is 2. The summed E-state index contributed by atoms with van der Waals surface area (Å²) in [5, 5.41) is 12.5. The highest BCUT2D eigenvalue weighted by atomic mass is 16.4. The lowest BCUT2D eigenvalue weighted by atomic mass is 9.84. The van der Waals surface area contributed by atoms with Crippen LogP contribution in [0.4, 0.5) is 4.79 Å². The highest BCUT2D eigenvalue weighted by molar-refractivity contribution is 5.94. The van der Waals surface area contributed by atoms with Crippen LogP contribution < -0.4 is 5.32 Å². The van der Waals surface area contributed by atoms with Crippen LogP contribution in [0.25, 0.3) is 0 Å². The van der Waals surface area contributed by atoms with Gasteiger partial charge in [0.05, 0.1) is 12.0 Å². The second-order valence-electron chi connectivity index (χ2n) is 13.1. The molecule has 4 fully saturated rings. The van der Waals surface area contributed by atoms with Gasteiger partial charge < -0.3 is 20.2 Å². The van der Waals surface area contributed by atoms with E-state index in [-0.39, 0.29) is 30.1 Å². The average molecular weight is 587 g/mol. The molecule has 0 radical (unpaired) electrons. The van der Waals surface area contributed by atoms with Crippen LogP contribution in [-0.2, 0) is 11.3 Å². The summed E-state index contributed by atoms with van der Waals surface area (Å²) in [6, 6.07) is 18.9. The molecule has 3 amide bonds. The predicted molar refractivity (Wildman–Crippen MR) is 166 cm³/mol. The summed E-state index contributed by atoms with van der Waals surface area (Å²) in [5.41, 5.74) is 2.96. The lowest BCUT2D eigenvalue weighted by Crippen LogP contribution is -2.48. The van der Waals surface area contributed by atoms with Gasteiger partial charge in [-0.05, 0) is 61.8 Å². The van der Waals surface area contributed by atoms with E-state index in [1.807, 2.05) is 30.3 Å². The van der Waals surface area contributed by atoms with Crippen LogP contribution in [0.2, 0.25) is 0 Å². The maximum absolute atomic E-state index is 13.9. The fourth-order valence-corrected chi connectivity index (χ4v) is 7.91. The first kappa shape index (κ1) is 29.7. The number of likely N-dealkylation sites (tertiary alicyclic amines) is 1. The number of rotatable bonds is 8. The molecular weight excluding hydrogens is 540 g/mol. The van der Waals surface area contributed by atoms with Crippen LogP contribution in [0.1, 0.15) is 98.2 Å². The van der Waals surface area contributed by atoms with Gasteiger partial charge in [0.25, 0.3) is 5.91 Å². The molecule has 8 nitrogen and oxygen atoms in total. The Balaban J connectivity index is 1.05. The van der Waals surface area contributed by atoms with Gasteiger partial charge in [-0.25, -0.2) is 4.79 Å². The van der Waals surface area contributed by atoms with Crippen molar-refractivity contribution < 1.29 is 19.5 Å². The van der Waals surface area contributed by atoms with E-state index in [9.17, 15) is 19.5 Å². The molecule has 6 rings (SSSR count). The van der Waals surface area contributed by atoms with Gasteiger partial charge in [-0.1, -0.05) is 74.6 Å². The van der Waals surface area contributed by atoms with Crippen molar-refractivity contribution in [3.8, 4) is 0 Å². The number of carbonyl (C=O) groups is 3. The summed E-state index contributed by atoms with van der Waals surface area (Å²) in [4.78, 5) is 45.2. The molecule has 2 aliphatic heterocycles. The molecule has 3 atom stereocenters. The number of nitrogens with one attached hydrogen (secondary N) is 1. The fourth-order valence-electron chi connectivity index (χ4n) is 7.91. The first-order valence-corrected chi connectivity index (χ1v) is 16.5. The normalized spacial score (nSPS) is 26.0. The van der Waals surface area contributed by atoms with Gasteiger partial charge >= 0.3 is 12.0 Å². The Kier molecular flexibility index (Phi) is 9.31. The molecule has 0 unspecified atom stereocenters. The van der Waals surface area contributed by atoms with Crippen molar-refractivity contribution in [2.24, 2.45) is 5.92 Å². The van der Waals surface area contributed by atoms with Gasteiger partial charge in [0, 0.05) is 49.9 Å². The Morgan fingerprint density at radius 3 is 2.16 bits per heavy atom. The largest absolute Gasteiger partial charge is 0.481 e. The number of amides is 3. The van der Waals surface area contributed by atoms with Crippen molar-refractivity contribution in [1.29, 1.82) is 0 Å². The molecule has 8 heteroatoms. The third-order valence-corrected chi connectivity index (χ3v) is 10.3. The van der Waals surface area contributed by atoms with E-state index in [1.165, 1.54) is 24.8 Å². The van der Waals surface area contributed by atoms with Crippen molar-refractivity contribution in [2.75, 3.05) is 19.6 Å². The SMILES string of the molecule is O=C(N[C@H]1CCCC[C@@H]1C(=O)O)c1ccc(CN2CCC(N3C(=O)N(C4CCCCC4)C[C@H]3c3ccccc3)CC2)cc1. The minimum atomic E-state index is -0.824. The number of nitrogens with zero attached hydrogens (tertiary/aromatic N) is 3. The van der Waals surface area contributed by atoms with E-state index in [0.29, 0.717) is 24.4 Å². The van der Waals surface area contributed by atoms with Crippen molar-refractivity contribution in [2.45, 2.75) is 101 Å². The van der Waals surface area contributed by atoms with Gasteiger partial charge in [0.2, 0.25) is 0 Å². The minimum absolute atomic E-state index is 0.116. The monoisotopic (exact) mass is 586 g/mol. The number of piperidine rings is 1. The molecule has 2 N–H and O–H groups in total. The van der Waals surface area contributed by atoms with Crippen molar-refractivity contribution in [3.05, 3.63) is 71.3 Å². The van der Waals surface area contributed by atoms with Crippen molar-refractivity contribution in [1.82, 2.24) is 20.0 Å². The number of hydrogen-bond donors (Lipinski definition) is 2. The smallest absolute Gasteiger partial charge is 0.321 e. The predicted octanol–water partition coefficient (Wildman–Crippen LogP) is 5.84. The second-order valence-corrected chi connectivity index (χ2v) is 13.1. The van der Waals surface area contributed by atoms with Crippen molar-refractivity contribution >= 4 is 17.9 Å². The molecule has 43 heavy (non-hydrogen) atoms. The van der Waals surface area contributed by atoms with Crippen LogP contribution in [-0.4, -0.2) is 75.5 Å². The molecular formula is C35H46N4O4. The molecule has 2 aromatic rings. The number of carboxylic acid groups (broad SMARTS) is 1. The van der Waals surface area contributed by atoms with Crippen molar-refractivity contribution in [3.63, 3.8) is 0 Å². The third kappa shape index (κ3) is 6.74. The highest BCUT2D eigenvalue weighted by Crippen LogP contribution is 2.38. The molecule has 0 spiro atoms. The lowest BCUT2D eigenvalue weighted by Gasteiger charge is -2.39. The summed E-state index contributed by atoms with van der Waals surface area (Å²) < 4.78 is 0. The van der Waals surface area contributed by atoms with E-state index < -0.39 is 11.9 Å². The summed E-state index contributed by atoms with van der Waals surface area (Å²) in [6.07, 6.45) is 11.1. The van der Waals surface area contributed by atoms with Crippen LogP contribution in [0.15, 0.2) is 54.6 Å². The highest BCUT2D eigenvalue weighted by Gasteiger charge is 2.45. The molecule has 2 saturated heterocycles. The quantitative estimate of drug-likeness (QED) is 0.406. The molecule has 2 heterocycles. The maximum Gasteiger partial charge on any atom is 0.321 e. The average Bonchev–Trinajstić information content (AvgIpc) is 3.39. The Hall–Kier alpha value is -3.39. The van der Waals surface area contributed by atoms with E-state index in [1.54, 1.807) is 0 Å². The lowest BCUT2D eigenvalue weighted by molar-refractivity contribution is -0.143. The molecule has 2 aliphatic carbocycles. The van der Waals surface area contributed by atoms with Gasteiger partial charge in [0.1, 0.15) is 0 Å². The molecule has 0 aromatic heterocycles. The van der Waals surface area contributed by atoms with Gasteiger partial charge in [0.15, 0.2) is 0 Å². The summed E-state index contributed by atoms with van der Waals surface area (Å²) >= 11 is 0. The summed E-state index contributed by atoms with van der Waals surface area (Å²) in [6.45, 7) is 3.47. The molecule has 0 bridgehead atoms.